The topological polar surface area (TPSA) is 89.5 Å². The van der Waals surface area contributed by atoms with Crippen LogP contribution in [0.3, 0.4) is 0 Å². The molecule has 0 aliphatic heterocycles. The van der Waals surface area contributed by atoms with Crippen molar-refractivity contribution < 1.29 is 28.3 Å². The standard InChI is InChI=1S/C23H14FNO5/c24-14-6-3-5-13(11-14)23(29)30-12-19(26)25-18-10-4-9-17-20(18)22(28)16-8-2-1-7-15(16)21(17)27/h1-11H,12H2,(H,25,26). The monoisotopic (exact) mass is 403 g/mol. The number of hydrogen-bond acceptors (Lipinski definition) is 5. The molecule has 0 saturated heterocycles. The molecule has 0 fully saturated rings. The first kappa shape index (κ1) is 19.2. The van der Waals surface area contributed by atoms with Gasteiger partial charge in [-0.25, -0.2) is 9.18 Å². The van der Waals surface area contributed by atoms with Gasteiger partial charge in [0.15, 0.2) is 18.2 Å². The number of rotatable bonds is 4. The third-order valence-corrected chi connectivity index (χ3v) is 4.62. The number of ether oxygens (including phenoxy) is 1. The summed E-state index contributed by atoms with van der Waals surface area (Å²) in [6.07, 6.45) is 0. The molecule has 3 aromatic carbocycles. The number of benzene rings is 3. The van der Waals surface area contributed by atoms with E-state index in [0.717, 1.165) is 6.07 Å². The van der Waals surface area contributed by atoms with E-state index in [-0.39, 0.29) is 39.5 Å². The molecule has 0 saturated carbocycles. The number of amides is 1. The lowest BCUT2D eigenvalue weighted by atomic mass is 9.83. The molecule has 0 unspecified atom stereocenters. The molecule has 7 heteroatoms. The van der Waals surface area contributed by atoms with Crippen molar-refractivity contribution in [1.29, 1.82) is 0 Å². The first-order valence-corrected chi connectivity index (χ1v) is 8.99. The highest BCUT2D eigenvalue weighted by atomic mass is 19.1. The lowest BCUT2D eigenvalue weighted by Crippen LogP contribution is -2.26. The molecule has 30 heavy (non-hydrogen) atoms. The third kappa shape index (κ3) is 3.48. The highest BCUT2D eigenvalue weighted by Gasteiger charge is 2.31. The van der Waals surface area contributed by atoms with Crippen LogP contribution in [0.5, 0.6) is 0 Å². The number of halogens is 1. The van der Waals surface area contributed by atoms with Gasteiger partial charge in [0, 0.05) is 16.7 Å². The molecule has 0 atom stereocenters. The van der Waals surface area contributed by atoms with Crippen LogP contribution >= 0.6 is 0 Å². The Balaban J connectivity index is 1.52. The predicted octanol–water partition coefficient (Wildman–Crippen LogP) is 3.40. The van der Waals surface area contributed by atoms with Gasteiger partial charge in [0.05, 0.1) is 16.8 Å². The summed E-state index contributed by atoms with van der Waals surface area (Å²) in [5.41, 5.74) is 0.959. The second-order valence-corrected chi connectivity index (χ2v) is 6.57. The Morgan fingerprint density at radius 2 is 1.50 bits per heavy atom. The number of hydrogen-bond donors (Lipinski definition) is 1. The molecule has 148 valence electrons. The molecule has 0 heterocycles. The van der Waals surface area contributed by atoms with Crippen LogP contribution in [-0.4, -0.2) is 30.0 Å². The van der Waals surface area contributed by atoms with Gasteiger partial charge < -0.3 is 10.1 Å². The molecule has 3 aromatic rings. The van der Waals surface area contributed by atoms with Gasteiger partial charge in [0.25, 0.3) is 5.91 Å². The van der Waals surface area contributed by atoms with Crippen LogP contribution in [0.4, 0.5) is 10.1 Å². The normalized spacial score (nSPS) is 12.0. The molecule has 0 radical (unpaired) electrons. The molecule has 0 aromatic heterocycles. The van der Waals surface area contributed by atoms with Crippen molar-refractivity contribution in [2.75, 3.05) is 11.9 Å². The average molecular weight is 403 g/mol. The maximum absolute atomic E-state index is 13.2. The Morgan fingerprint density at radius 3 is 2.23 bits per heavy atom. The summed E-state index contributed by atoms with van der Waals surface area (Å²) in [7, 11) is 0. The van der Waals surface area contributed by atoms with E-state index in [1.54, 1.807) is 30.3 Å². The lowest BCUT2D eigenvalue weighted by molar-refractivity contribution is -0.119. The van der Waals surface area contributed by atoms with Gasteiger partial charge in [-0.1, -0.05) is 42.5 Å². The quantitative estimate of drug-likeness (QED) is 0.528. The van der Waals surface area contributed by atoms with Crippen LogP contribution in [0, 0.1) is 5.82 Å². The van der Waals surface area contributed by atoms with Crippen molar-refractivity contribution in [2.45, 2.75) is 0 Å². The van der Waals surface area contributed by atoms with Gasteiger partial charge in [-0.3, -0.25) is 14.4 Å². The number of anilines is 1. The maximum Gasteiger partial charge on any atom is 0.338 e. The number of fused-ring (bicyclic) bond motifs is 2. The zero-order chi connectivity index (χ0) is 21.3. The van der Waals surface area contributed by atoms with E-state index in [1.807, 2.05) is 0 Å². The van der Waals surface area contributed by atoms with Crippen LogP contribution in [0.25, 0.3) is 0 Å². The molecular weight excluding hydrogens is 389 g/mol. The summed E-state index contributed by atoms with van der Waals surface area (Å²) in [6.45, 7) is -0.641. The van der Waals surface area contributed by atoms with Crippen LogP contribution in [0.1, 0.15) is 42.2 Å². The number of ketones is 2. The second-order valence-electron chi connectivity index (χ2n) is 6.57. The van der Waals surface area contributed by atoms with Crippen molar-refractivity contribution in [3.63, 3.8) is 0 Å². The van der Waals surface area contributed by atoms with Gasteiger partial charge in [0.2, 0.25) is 0 Å². The number of carbonyl (C=O) groups is 4. The SMILES string of the molecule is O=C(COC(=O)c1cccc(F)c1)Nc1cccc2c1C(=O)c1ccccc1C2=O. The van der Waals surface area contributed by atoms with Crippen molar-refractivity contribution in [3.8, 4) is 0 Å². The summed E-state index contributed by atoms with van der Waals surface area (Å²) in [5.74, 6) is -2.86. The zero-order valence-corrected chi connectivity index (χ0v) is 15.5. The van der Waals surface area contributed by atoms with Crippen LogP contribution in [-0.2, 0) is 9.53 Å². The van der Waals surface area contributed by atoms with E-state index < -0.39 is 24.3 Å². The van der Waals surface area contributed by atoms with Crippen molar-refractivity contribution in [3.05, 3.63) is 100 Å². The molecule has 0 spiro atoms. The Kier molecular flexibility index (Phi) is 4.93. The summed E-state index contributed by atoms with van der Waals surface area (Å²) >= 11 is 0. The largest absolute Gasteiger partial charge is 0.452 e. The minimum absolute atomic E-state index is 0.0303. The second kappa shape index (κ2) is 7.71. The summed E-state index contributed by atoms with van der Waals surface area (Å²) in [6, 6.07) is 15.9. The molecule has 1 aliphatic rings. The fraction of sp³-hybridized carbons (Fsp3) is 0.0435. The van der Waals surface area contributed by atoms with Gasteiger partial charge >= 0.3 is 5.97 Å². The maximum atomic E-state index is 13.2. The van der Waals surface area contributed by atoms with E-state index in [0.29, 0.717) is 5.56 Å². The van der Waals surface area contributed by atoms with Crippen LogP contribution in [0.15, 0.2) is 66.7 Å². The molecule has 4 rings (SSSR count). The van der Waals surface area contributed by atoms with Crippen LogP contribution < -0.4 is 5.32 Å². The smallest absolute Gasteiger partial charge is 0.338 e. The molecule has 0 bridgehead atoms. The number of nitrogens with one attached hydrogen (secondary N) is 1. The van der Waals surface area contributed by atoms with Crippen molar-refractivity contribution in [2.24, 2.45) is 0 Å². The summed E-state index contributed by atoms with van der Waals surface area (Å²) in [4.78, 5) is 49.9. The van der Waals surface area contributed by atoms with Gasteiger partial charge in [-0.05, 0) is 24.3 Å². The van der Waals surface area contributed by atoms with E-state index in [4.69, 9.17) is 4.74 Å². The summed E-state index contributed by atoms with van der Waals surface area (Å²) in [5, 5.41) is 2.51. The average Bonchev–Trinajstić information content (AvgIpc) is 2.75. The molecule has 1 N–H and O–H groups in total. The summed E-state index contributed by atoms with van der Waals surface area (Å²) < 4.78 is 18.1. The van der Waals surface area contributed by atoms with E-state index in [2.05, 4.69) is 5.32 Å². The zero-order valence-electron chi connectivity index (χ0n) is 15.5. The Morgan fingerprint density at radius 1 is 0.833 bits per heavy atom. The highest BCUT2D eigenvalue weighted by Crippen LogP contribution is 2.31. The highest BCUT2D eigenvalue weighted by molar-refractivity contribution is 6.30. The predicted molar refractivity (Wildman–Crippen MR) is 105 cm³/mol. The van der Waals surface area contributed by atoms with E-state index in [9.17, 15) is 23.6 Å². The fourth-order valence-electron chi connectivity index (χ4n) is 3.27. The molecule has 1 aliphatic carbocycles. The lowest BCUT2D eigenvalue weighted by Gasteiger charge is -2.20. The number of esters is 1. The van der Waals surface area contributed by atoms with Gasteiger partial charge in [-0.2, -0.15) is 0 Å². The van der Waals surface area contributed by atoms with Crippen molar-refractivity contribution in [1.82, 2.24) is 0 Å². The number of carbonyl (C=O) groups excluding carboxylic acids is 4. The Hall–Kier alpha value is -4.13. The first-order chi connectivity index (χ1) is 14.5. The molecular formula is C23H14FNO5. The minimum Gasteiger partial charge on any atom is -0.452 e. The van der Waals surface area contributed by atoms with Crippen LogP contribution in [0.2, 0.25) is 0 Å². The Labute approximate surface area is 170 Å². The van der Waals surface area contributed by atoms with E-state index in [1.165, 1.54) is 30.3 Å². The first-order valence-electron chi connectivity index (χ1n) is 8.99. The van der Waals surface area contributed by atoms with Gasteiger partial charge in [-0.15, -0.1) is 0 Å². The van der Waals surface area contributed by atoms with E-state index >= 15 is 0 Å². The molecule has 1 amide bonds. The third-order valence-electron chi connectivity index (χ3n) is 4.62. The van der Waals surface area contributed by atoms with Crippen molar-refractivity contribution >= 4 is 29.1 Å². The Bertz CT molecular complexity index is 1220. The fourth-order valence-corrected chi connectivity index (χ4v) is 3.27. The van der Waals surface area contributed by atoms with Gasteiger partial charge in [0.1, 0.15) is 5.82 Å². The minimum atomic E-state index is -0.861. The molecule has 6 nitrogen and oxygen atoms in total.